The van der Waals surface area contributed by atoms with Gasteiger partial charge >= 0.3 is 0 Å². The number of hydrogen-bond donors (Lipinski definition) is 0. The second-order valence-electron chi connectivity index (χ2n) is 6.12. The minimum absolute atomic E-state index is 0.125. The van der Waals surface area contributed by atoms with Crippen molar-refractivity contribution in [3.63, 3.8) is 0 Å². The Morgan fingerprint density at radius 1 is 0.923 bits per heavy atom. The normalized spacial score (nSPS) is 15.5. The maximum absolute atomic E-state index is 13.1. The standard InChI is InChI=1S/C21H19NO4/c23-21(20-15-25-18-10-4-5-11-19(18)26-20)22(14-17-9-6-12-24-17)13-16-7-2-1-3-8-16/h1-12,20H,13-15H2. The van der Waals surface area contributed by atoms with Gasteiger partial charge in [-0.1, -0.05) is 42.5 Å². The molecule has 1 amide bonds. The average molecular weight is 349 g/mol. The van der Waals surface area contributed by atoms with Gasteiger partial charge in [0, 0.05) is 6.54 Å². The highest BCUT2D eigenvalue weighted by atomic mass is 16.6. The fourth-order valence-electron chi connectivity index (χ4n) is 2.95. The first-order valence-corrected chi connectivity index (χ1v) is 8.53. The Morgan fingerprint density at radius 2 is 1.69 bits per heavy atom. The van der Waals surface area contributed by atoms with Gasteiger partial charge < -0.3 is 18.8 Å². The van der Waals surface area contributed by atoms with E-state index in [2.05, 4.69) is 0 Å². The maximum atomic E-state index is 13.1. The summed E-state index contributed by atoms with van der Waals surface area (Å²) in [5.41, 5.74) is 1.05. The van der Waals surface area contributed by atoms with Crippen LogP contribution in [-0.4, -0.2) is 23.5 Å². The van der Waals surface area contributed by atoms with Gasteiger partial charge in [0.05, 0.1) is 12.8 Å². The quantitative estimate of drug-likeness (QED) is 0.706. The molecule has 1 atom stereocenters. The third-order valence-electron chi connectivity index (χ3n) is 4.24. The van der Waals surface area contributed by atoms with Gasteiger partial charge in [0.15, 0.2) is 11.5 Å². The Labute approximate surface area is 151 Å². The maximum Gasteiger partial charge on any atom is 0.267 e. The molecule has 2 aromatic carbocycles. The van der Waals surface area contributed by atoms with Crippen molar-refractivity contribution < 1.29 is 18.7 Å². The van der Waals surface area contributed by atoms with Gasteiger partial charge in [-0.25, -0.2) is 0 Å². The zero-order valence-corrected chi connectivity index (χ0v) is 14.2. The molecule has 0 fully saturated rings. The van der Waals surface area contributed by atoms with Crippen molar-refractivity contribution in [1.82, 2.24) is 4.90 Å². The molecule has 0 saturated carbocycles. The smallest absolute Gasteiger partial charge is 0.267 e. The molecule has 0 radical (unpaired) electrons. The molecule has 4 rings (SSSR count). The first-order chi connectivity index (χ1) is 12.8. The number of carbonyl (C=O) groups excluding carboxylic acids is 1. The fourth-order valence-corrected chi connectivity index (χ4v) is 2.95. The average Bonchev–Trinajstić information content (AvgIpc) is 3.20. The van der Waals surface area contributed by atoms with E-state index in [9.17, 15) is 4.79 Å². The van der Waals surface area contributed by atoms with Gasteiger partial charge in [0.2, 0.25) is 6.10 Å². The lowest BCUT2D eigenvalue weighted by molar-refractivity contribution is -0.142. The largest absolute Gasteiger partial charge is 0.485 e. The van der Waals surface area contributed by atoms with Crippen molar-refractivity contribution in [2.45, 2.75) is 19.2 Å². The first kappa shape index (κ1) is 16.3. The summed E-state index contributed by atoms with van der Waals surface area (Å²) in [7, 11) is 0. The Balaban J connectivity index is 1.54. The molecule has 0 N–H and O–H groups in total. The van der Waals surface area contributed by atoms with Crippen molar-refractivity contribution in [1.29, 1.82) is 0 Å². The van der Waals surface area contributed by atoms with Crippen LogP contribution in [0.3, 0.4) is 0 Å². The van der Waals surface area contributed by atoms with Crippen LogP contribution in [0.25, 0.3) is 0 Å². The monoisotopic (exact) mass is 349 g/mol. The number of nitrogens with zero attached hydrogens (tertiary/aromatic N) is 1. The first-order valence-electron chi connectivity index (χ1n) is 8.53. The van der Waals surface area contributed by atoms with Gasteiger partial charge in [0.1, 0.15) is 12.4 Å². The molecule has 0 saturated heterocycles. The predicted octanol–water partition coefficient (Wildman–Crippen LogP) is 3.65. The fraction of sp³-hybridized carbons (Fsp3) is 0.190. The lowest BCUT2D eigenvalue weighted by Crippen LogP contribution is -2.45. The van der Waals surface area contributed by atoms with Crippen LogP contribution in [0.4, 0.5) is 0 Å². The summed E-state index contributed by atoms with van der Waals surface area (Å²) < 4.78 is 17.0. The molecule has 2 heterocycles. The number of benzene rings is 2. The number of fused-ring (bicyclic) bond motifs is 1. The number of ether oxygens (including phenoxy) is 2. The van der Waals surface area contributed by atoms with Crippen LogP contribution in [-0.2, 0) is 17.9 Å². The number of hydrogen-bond acceptors (Lipinski definition) is 4. The summed E-state index contributed by atoms with van der Waals surface area (Å²) >= 11 is 0. The van der Waals surface area contributed by atoms with Crippen LogP contribution >= 0.6 is 0 Å². The molecule has 5 heteroatoms. The van der Waals surface area contributed by atoms with Crippen LogP contribution in [0, 0.1) is 0 Å². The minimum Gasteiger partial charge on any atom is -0.485 e. The van der Waals surface area contributed by atoms with Gasteiger partial charge in [-0.3, -0.25) is 4.79 Å². The van der Waals surface area contributed by atoms with E-state index in [1.807, 2.05) is 66.7 Å². The summed E-state index contributed by atoms with van der Waals surface area (Å²) in [4.78, 5) is 14.9. The van der Waals surface area contributed by atoms with Crippen molar-refractivity contribution in [2.24, 2.45) is 0 Å². The molecule has 1 aliphatic heterocycles. The van der Waals surface area contributed by atoms with Gasteiger partial charge in [-0.2, -0.15) is 0 Å². The molecule has 1 aromatic heterocycles. The molecule has 5 nitrogen and oxygen atoms in total. The van der Waals surface area contributed by atoms with Crippen LogP contribution in [0.1, 0.15) is 11.3 Å². The lowest BCUT2D eigenvalue weighted by atomic mass is 10.2. The molecule has 0 aliphatic carbocycles. The number of carbonyl (C=O) groups is 1. The molecule has 0 spiro atoms. The van der Waals surface area contributed by atoms with E-state index >= 15 is 0 Å². The summed E-state index contributed by atoms with van der Waals surface area (Å²) in [5.74, 6) is 1.86. The number of rotatable bonds is 5. The predicted molar refractivity (Wildman–Crippen MR) is 95.8 cm³/mol. The van der Waals surface area contributed by atoms with Gasteiger partial charge in [-0.05, 0) is 29.8 Å². The van der Waals surface area contributed by atoms with Gasteiger partial charge in [0.25, 0.3) is 5.91 Å². The van der Waals surface area contributed by atoms with Crippen LogP contribution in [0.2, 0.25) is 0 Å². The third kappa shape index (κ3) is 3.57. The second-order valence-corrected chi connectivity index (χ2v) is 6.12. The van der Waals surface area contributed by atoms with E-state index in [-0.39, 0.29) is 12.5 Å². The number of furan rings is 1. The zero-order chi connectivity index (χ0) is 17.8. The zero-order valence-electron chi connectivity index (χ0n) is 14.2. The number of para-hydroxylation sites is 2. The highest BCUT2D eigenvalue weighted by molar-refractivity contribution is 5.82. The highest BCUT2D eigenvalue weighted by Crippen LogP contribution is 2.31. The molecule has 3 aromatic rings. The highest BCUT2D eigenvalue weighted by Gasteiger charge is 2.31. The van der Waals surface area contributed by atoms with E-state index < -0.39 is 6.10 Å². The Morgan fingerprint density at radius 3 is 2.46 bits per heavy atom. The molecule has 1 unspecified atom stereocenters. The Hall–Kier alpha value is -3.21. The second kappa shape index (κ2) is 7.35. The van der Waals surface area contributed by atoms with Crippen molar-refractivity contribution in [3.05, 3.63) is 84.3 Å². The number of amides is 1. The van der Waals surface area contributed by atoms with Crippen LogP contribution < -0.4 is 9.47 Å². The summed E-state index contributed by atoms with van der Waals surface area (Å²) in [6.45, 7) is 1.05. The van der Waals surface area contributed by atoms with E-state index in [1.165, 1.54) is 0 Å². The topological polar surface area (TPSA) is 51.9 Å². The van der Waals surface area contributed by atoms with Crippen molar-refractivity contribution in [2.75, 3.05) is 6.61 Å². The SMILES string of the molecule is O=C(C1COc2ccccc2O1)N(Cc1ccccc1)Cc1ccco1. The molecule has 0 bridgehead atoms. The van der Waals surface area contributed by atoms with E-state index in [0.717, 1.165) is 11.3 Å². The molecular formula is C21H19NO4. The molecule has 26 heavy (non-hydrogen) atoms. The Kier molecular flexibility index (Phi) is 4.60. The van der Waals surface area contributed by atoms with Crippen molar-refractivity contribution >= 4 is 5.91 Å². The van der Waals surface area contributed by atoms with Crippen LogP contribution in [0.5, 0.6) is 11.5 Å². The minimum atomic E-state index is -0.677. The van der Waals surface area contributed by atoms with E-state index in [0.29, 0.717) is 24.6 Å². The molecular weight excluding hydrogens is 330 g/mol. The van der Waals surface area contributed by atoms with E-state index in [4.69, 9.17) is 13.9 Å². The van der Waals surface area contributed by atoms with Crippen LogP contribution in [0.15, 0.2) is 77.4 Å². The molecule has 1 aliphatic rings. The summed E-state index contributed by atoms with van der Waals surface area (Å²) in [6.07, 6.45) is 0.931. The van der Waals surface area contributed by atoms with E-state index in [1.54, 1.807) is 11.2 Å². The van der Waals surface area contributed by atoms with Gasteiger partial charge in [-0.15, -0.1) is 0 Å². The summed E-state index contributed by atoms with van der Waals surface area (Å²) in [5, 5.41) is 0. The summed E-state index contributed by atoms with van der Waals surface area (Å²) in [6, 6.07) is 20.9. The lowest BCUT2D eigenvalue weighted by Gasteiger charge is -2.30. The molecule has 132 valence electrons. The Bertz CT molecular complexity index is 861. The third-order valence-corrected chi connectivity index (χ3v) is 4.24. The van der Waals surface area contributed by atoms with Crippen molar-refractivity contribution in [3.8, 4) is 11.5 Å².